The smallest absolute Gasteiger partial charge is 0.231 e. The largest absolute Gasteiger partial charge is 0.454 e. The number of hydrogen-bond donors (Lipinski definition) is 3. The van der Waals surface area contributed by atoms with Gasteiger partial charge in [-0.3, -0.25) is 0 Å². The minimum atomic E-state index is 0.299. The second kappa shape index (κ2) is 9.40. The first-order valence-corrected chi connectivity index (χ1v) is 9.37. The molecule has 2 aromatic carbocycles. The zero-order chi connectivity index (χ0) is 18.2. The zero-order valence-corrected chi connectivity index (χ0v) is 15.9. The van der Waals surface area contributed by atoms with Gasteiger partial charge in [0.05, 0.1) is 13.6 Å². The Morgan fingerprint density at radius 3 is 2.69 bits per heavy atom. The predicted octanol–water partition coefficient (Wildman–Crippen LogP) is 1.48. The van der Waals surface area contributed by atoms with Crippen molar-refractivity contribution in [1.29, 1.82) is 0 Å². The number of thiocarbonyl (C=S) groups is 1. The first-order valence-electron chi connectivity index (χ1n) is 8.96. The molecular weight excluding hydrogens is 346 g/mol. The van der Waals surface area contributed by atoms with E-state index in [1.165, 1.54) is 10.5 Å². The normalized spacial score (nSPS) is 13.3. The summed E-state index contributed by atoms with van der Waals surface area (Å²) in [4.78, 5) is 1.50. The molecule has 0 amide bonds. The highest BCUT2D eigenvalue weighted by Gasteiger charge is 2.13. The van der Waals surface area contributed by atoms with Gasteiger partial charge in [-0.2, -0.15) is 0 Å². The lowest BCUT2D eigenvalue weighted by molar-refractivity contribution is -0.893. The van der Waals surface area contributed by atoms with Gasteiger partial charge in [0.1, 0.15) is 6.54 Å². The molecule has 0 spiro atoms. The van der Waals surface area contributed by atoms with Gasteiger partial charge >= 0.3 is 0 Å². The Balaban J connectivity index is 1.29. The van der Waals surface area contributed by atoms with Crippen molar-refractivity contribution in [3.05, 3.63) is 59.7 Å². The molecule has 6 heteroatoms. The van der Waals surface area contributed by atoms with Crippen LogP contribution >= 0.6 is 12.2 Å². The number of ether oxygens (including phenoxy) is 2. The molecule has 0 radical (unpaired) electrons. The Bertz CT molecular complexity index is 724. The summed E-state index contributed by atoms with van der Waals surface area (Å²) in [6.07, 6.45) is 1.07. The summed E-state index contributed by atoms with van der Waals surface area (Å²) in [7, 11) is 2.23. The molecule has 0 fully saturated rings. The van der Waals surface area contributed by atoms with E-state index in [-0.39, 0.29) is 0 Å². The number of fused-ring (bicyclic) bond motifs is 1. The maximum absolute atomic E-state index is 5.39. The molecular formula is C20H26N3O2S+. The van der Waals surface area contributed by atoms with E-state index in [4.69, 9.17) is 21.7 Å². The van der Waals surface area contributed by atoms with E-state index in [0.29, 0.717) is 18.5 Å². The maximum atomic E-state index is 5.39. The molecule has 1 atom stereocenters. The van der Waals surface area contributed by atoms with Crippen LogP contribution in [0.2, 0.25) is 0 Å². The summed E-state index contributed by atoms with van der Waals surface area (Å²) in [5.41, 5.74) is 2.49. The van der Waals surface area contributed by atoms with E-state index >= 15 is 0 Å². The first kappa shape index (κ1) is 18.5. The number of hydrogen-bond acceptors (Lipinski definition) is 3. The summed E-state index contributed by atoms with van der Waals surface area (Å²) >= 11 is 5.35. The van der Waals surface area contributed by atoms with Gasteiger partial charge in [0.2, 0.25) is 6.79 Å². The minimum absolute atomic E-state index is 0.299. The second-order valence-corrected chi connectivity index (χ2v) is 6.93. The molecule has 5 nitrogen and oxygen atoms in total. The van der Waals surface area contributed by atoms with Crippen LogP contribution in [0, 0.1) is 0 Å². The van der Waals surface area contributed by atoms with Crippen molar-refractivity contribution >= 4 is 17.3 Å². The highest BCUT2D eigenvalue weighted by atomic mass is 32.1. The molecule has 3 rings (SSSR count). The van der Waals surface area contributed by atoms with Crippen molar-refractivity contribution in [1.82, 2.24) is 10.6 Å². The minimum Gasteiger partial charge on any atom is -0.454 e. The van der Waals surface area contributed by atoms with Gasteiger partial charge in [0.15, 0.2) is 16.6 Å². The molecule has 26 heavy (non-hydrogen) atoms. The molecule has 0 aromatic heterocycles. The Labute approximate surface area is 160 Å². The Morgan fingerprint density at radius 2 is 1.85 bits per heavy atom. The van der Waals surface area contributed by atoms with Gasteiger partial charge in [-0.05, 0) is 29.9 Å². The van der Waals surface area contributed by atoms with Crippen molar-refractivity contribution < 1.29 is 14.4 Å². The van der Waals surface area contributed by atoms with Crippen LogP contribution in [0.25, 0.3) is 0 Å². The predicted molar refractivity (Wildman–Crippen MR) is 107 cm³/mol. The molecule has 1 aliphatic rings. The van der Waals surface area contributed by atoms with E-state index in [0.717, 1.165) is 43.1 Å². The average molecular weight is 373 g/mol. The van der Waals surface area contributed by atoms with Crippen LogP contribution in [0.4, 0.5) is 0 Å². The third kappa shape index (κ3) is 5.61. The lowest BCUT2D eigenvalue weighted by Crippen LogP contribution is -3.07. The van der Waals surface area contributed by atoms with Gasteiger partial charge < -0.3 is 25.0 Å². The second-order valence-electron chi connectivity index (χ2n) is 6.52. The third-order valence-electron chi connectivity index (χ3n) is 4.30. The van der Waals surface area contributed by atoms with E-state index in [1.54, 1.807) is 0 Å². The molecule has 1 heterocycles. The first-order chi connectivity index (χ1) is 12.7. The molecule has 0 aliphatic carbocycles. The molecule has 0 saturated heterocycles. The molecule has 0 saturated carbocycles. The van der Waals surface area contributed by atoms with Gasteiger partial charge in [-0.15, -0.1) is 0 Å². The standard InChI is InChI=1S/C20H25N3O2S/c1-23(14-16-6-3-2-4-7-16)11-5-10-21-20(26)22-13-17-8-9-18-19(12-17)25-15-24-18/h2-4,6-9,12H,5,10-11,13-15H2,1H3,(H2,21,22,26)/p+1. The van der Waals surface area contributed by atoms with E-state index in [1.807, 2.05) is 18.2 Å². The summed E-state index contributed by atoms with van der Waals surface area (Å²) < 4.78 is 10.7. The lowest BCUT2D eigenvalue weighted by atomic mass is 10.2. The van der Waals surface area contributed by atoms with Crippen molar-refractivity contribution in [2.45, 2.75) is 19.5 Å². The van der Waals surface area contributed by atoms with Crippen LogP contribution in [-0.4, -0.2) is 32.0 Å². The molecule has 1 aliphatic heterocycles. The Morgan fingerprint density at radius 1 is 1.04 bits per heavy atom. The quantitative estimate of drug-likeness (QED) is 0.484. The third-order valence-corrected chi connectivity index (χ3v) is 4.59. The SMILES string of the molecule is C[NH+](CCCNC(=S)NCc1ccc2c(c1)OCO2)Cc1ccccc1. The van der Waals surface area contributed by atoms with Crippen LogP contribution in [0.5, 0.6) is 11.5 Å². The zero-order valence-electron chi connectivity index (χ0n) is 15.1. The number of rotatable bonds is 8. The molecule has 1 unspecified atom stereocenters. The topological polar surface area (TPSA) is 47.0 Å². The van der Waals surface area contributed by atoms with Gasteiger partial charge in [-0.25, -0.2) is 0 Å². The maximum Gasteiger partial charge on any atom is 0.231 e. The molecule has 0 bridgehead atoms. The van der Waals surface area contributed by atoms with Gasteiger partial charge in [0, 0.05) is 25.1 Å². The van der Waals surface area contributed by atoms with E-state index in [9.17, 15) is 0 Å². The Hall–Kier alpha value is -2.31. The molecule has 2 aromatic rings. The van der Waals surface area contributed by atoms with Crippen molar-refractivity contribution in [2.24, 2.45) is 0 Å². The average Bonchev–Trinajstić information content (AvgIpc) is 3.12. The summed E-state index contributed by atoms with van der Waals surface area (Å²) in [6.45, 7) is 3.99. The van der Waals surface area contributed by atoms with Gasteiger partial charge in [0.25, 0.3) is 0 Å². The van der Waals surface area contributed by atoms with Crippen LogP contribution in [0.3, 0.4) is 0 Å². The summed E-state index contributed by atoms with van der Waals surface area (Å²) in [5, 5.41) is 7.19. The number of quaternary nitrogens is 1. The van der Waals surface area contributed by atoms with Crippen molar-refractivity contribution in [3.8, 4) is 11.5 Å². The van der Waals surface area contributed by atoms with Crippen LogP contribution < -0.4 is 25.0 Å². The fourth-order valence-corrected chi connectivity index (χ4v) is 3.09. The molecule has 138 valence electrons. The van der Waals surface area contributed by atoms with E-state index in [2.05, 4.69) is 48.0 Å². The van der Waals surface area contributed by atoms with Crippen LogP contribution in [0.15, 0.2) is 48.5 Å². The fourth-order valence-electron chi connectivity index (χ4n) is 2.92. The number of benzene rings is 2. The van der Waals surface area contributed by atoms with Crippen molar-refractivity contribution in [3.63, 3.8) is 0 Å². The monoisotopic (exact) mass is 372 g/mol. The highest BCUT2D eigenvalue weighted by Crippen LogP contribution is 2.32. The lowest BCUT2D eigenvalue weighted by Gasteiger charge is -2.15. The molecule has 3 N–H and O–H groups in total. The van der Waals surface area contributed by atoms with Crippen LogP contribution in [0.1, 0.15) is 17.5 Å². The van der Waals surface area contributed by atoms with Crippen LogP contribution in [-0.2, 0) is 13.1 Å². The Kier molecular flexibility index (Phi) is 6.68. The van der Waals surface area contributed by atoms with Crippen molar-refractivity contribution in [2.75, 3.05) is 26.9 Å². The van der Waals surface area contributed by atoms with Gasteiger partial charge in [-0.1, -0.05) is 36.4 Å². The highest BCUT2D eigenvalue weighted by molar-refractivity contribution is 7.80. The summed E-state index contributed by atoms with van der Waals surface area (Å²) in [6, 6.07) is 16.5. The fraction of sp³-hybridized carbons (Fsp3) is 0.350. The van der Waals surface area contributed by atoms with E-state index < -0.39 is 0 Å². The number of nitrogens with one attached hydrogen (secondary N) is 3. The summed E-state index contributed by atoms with van der Waals surface area (Å²) in [5.74, 6) is 1.60.